The third-order valence-corrected chi connectivity index (χ3v) is 9.30. The number of carbonyl (C=O) groups is 1. The van der Waals surface area contributed by atoms with Gasteiger partial charge in [-0.15, -0.1) is 0 Å². The van der Waals surface area contributed by atoms with E-state index < -0.39 is 17.6 Å². The van der Waals surface area contributed by atoms with Gasteiger partial charge in [0.1, 0.15) is 5.69 Å². The largest absolute Gasteiger partial charge is 0.416 e. The number of fused-ring (bicyclic) bond motifs is 1. The first-order chi connectivity index (χ1) is 24.4. The van der Waals surface area contributed by atoms with Crippen molar-refractivity contribution in [1.29, 1.82) is 0 Å². The van der Waals surface area contributed by atoms with Crippen LogP contribution in [0, 0.1) is 31.6 Å². The van der Waals surface area contributed by atoms with Gasteiger partial charge in [-0.1, -0.05) is 25.0 Å². The van der Waals surface area contributed by atoms with Crippen LogP contribution in [-0.4, -0.2) is 59.8 Å². The Morgan fingerprint density at radius 1 is 0.980 bits per heavy atom. The van der Waals surface area contributed by atoms with Crippen molar-refractivity contribution in [2.75, 3.05) is 30.8 Å². The minimum absolute atomic E-state index is 0.0102. The summed E-state index contributed by atoms with van der Waals surface area (Å²) in [5.41, 5.74) is 4.27. The molecule has 0 saturated carbocycles. The topological polar surface area (TPSA) is 97.8 Å². The number of nitrogens with zero attached hydrogens (tertiary/aromatic N) is 7. The van der Waals surface area contributed by atoms with Crippen LogP contribution in [0.25, 0.3) is 11.4 Å². The molecule has 0 spiro atoms. The fraction of sp³-hybridized carbons (Fsp3) is 0.316. The molecule has 0 aliphatic carbocycles. The van der Waals surface area contributed by atoms with Gasteiger partial charge >= 0.3 is 6.18 Å². The predicted molar refractivity (Wildman–Crippen MR) is 189 cm³/mol. The zero-order valence-electron chi connectivity index (χ0n) is 28.8. The average molecular weight is 694 g/mol. The number of carbonyl (C=O) groups excluding carboxylic acids is 1. The molecule has 2 aromatic carbocycles. The number of alkyl halides is 3. The van der Waals surface area contributed by atoms with Crippen LogP contribution in [0.2, 0.25) is 0 Å². The number of rotatable bonds is 6. The predicted octanol–water partition coefficient (Wildman–Crippen LogP) is 6.92. The zero-order valence-corrected chi connectivity index (χ0v) is 28.8. The normalized spacial score (nSPS) is 16.6. The summed E-state index contributed by atoms with van der Waals surface area (Å²) >= 11 is 0. The van der Waals surface area contributed by atoms with E-state index in [1.165, 1.54) is 17.0 Å². The first-order valence-electron chi connectivity index (χ1n) is 16.8. The summed E-state index contributed by atoms with van der Waals surface area (Å²) in [4.78, 5) is 24.5. The highest BCUT2D eigenvalue weighted by Crippen LogP contribution is 2.33. The second kappa shape index (κ2) is 13.6. The van der Waals surface area contributed by atoms with Crippen molar-refractivity contribution in [3.63, 3.8) is 0 Å². The molecule has 1 amide bonds. The molecule has 1 atom stereocenters. The Kier molecular flexibility index (Phi) is 9.03. The van der Waals surface area contributed by atoms with Crippen LogP contribution in [0.1, 0.15) is 70.1 Å². The van der Waals surface area contributed by atoms with E-state index in [0.717, 1.165) is 66.5 Å². The Morgan fingerprint density at radius 2 is 1.78 bits per heavy atom. The van der Waals surface area contributed by atoms with Crippen molar-refractivity contribution in [2.24, 2.45) is 5.92 Å². The van der Waals surface area contributed by atoms with Gasteiger partial charge in [0.05, 0.1) is 47.4 Å². The molecular formula is C38H38F3N9O. The smallest absolute Gasteiger partial charge is 0.350 e. The maximum Gasteiger partial charge on any atom is 0.416 e. The molecule has 10 nitrogen and oxygen atoms in total. The van der Waals surface area contributed by atoms with Crippen molar-refractivity contribution in [2.45, 2.75) is 52.4 Å². The lowest BCUT2D eigenvalue weighted by Crippen LogP contribution is -2.31. The molecule has 1 unspecified atom stereocenters. The fourth-order valence-electron chi connectivity index (χ4n) is 6.48. The van der Waals surface area contributed by atoms with Gasteiger partial charge in [-0.2, -0.15) is 18.3 Å². The maximum absolute atomic E-state index is 13.8. The second-order valence-electron chi connectivity index (χ2n) is 13.4. The molecule has 0 bridgehead atoms. The molecule has 5 heterocycles. The lowest BCUT2D eigenvalue weighted by atomic mass is 10.0. The fourth-order valence-corrected chi connectivity index (χ4v) is 6.48. The summed E-state index contributed by atoms with van der Waals surface area (Å²) in [7, 11) is 2.15. The molecule has 51 heavy (non-hydrogen) atoms. The van der Waals surface area contributed by atoms with E-state index in [-0.39, 0.29) is 22.9 Å². The number of imidazole rings is 2. The highest BCUT2D eigenvalue weighted by Gasteiger charge is 2.32. The molecule has 5 aromatic rings. The van der Waals surface area contributed by atoms with Crippen LogP contribution in [0.4, 0.5) is 24.5 Å². The number of piperidine rings is 1. The van der Waals surface area contributed by atoms with E-state index in [2.05, 4.69) is 73.0 Å². The maximum atomic E-state index is 13.8. The van der Waals surface area contributed by atoms with Gasteiger partial charge in [-0.05, 0) is 94.6 Å². The molecule has 13 heteroatoms. The standard InChI is InChI=1S/C38H38F3N9O/c1-24-13-35(45-31-18-44-50(22-31)32-9-11-47(4)12-10-32)36-42-19-33(49(36)20-24)8-7-27-14-28(6-5-25(27)2)37(51)46-30-15-29(38(39,40)41)16-34(17-30)48-21-26(3)43-23-48/h5-6,13-19,21-24,32,45H,9-12,20H2,1-4H3,(H,46,51). The van der Waals surface area contributed by atoms with Gasteiger partial charge in [0.2, 0.25) is 0 Å². The molecule has 1 saturated heterocycles. The number of halogens is 3. The number of amides is 1. The summed E-state index contributed by atoms with van der Waals surface area (Å²) < 4.78 is 47.0. The summed E-state index contributed by atoms with van der Waals surface area (Å²) in [5, 5.41) is 10.8. The van der Waals surface area contributed by atoms with Crippen LogP contribution < -0.4 is 10.6 Å². The molecular weight excluding hydrogens is 655 g/mol. The van der Waals surface area contributed by atoms with E-state index in [4.69, 9.17) is 4.98 Å². The Hall–Kier alpha value is -5.61. The monoisotopic (exact) mass is 693 g/mol. The van der Waals surface area contributed by atoms with E-state index in [1.54, 1.807) is 37.5 Å². The number of likely N-dealkylation sites (tertiary alicyclic amines) is 1. The summed E-state index contributed by atoms with van der Waals surface area (Å²) in [6.45, 7) is 8.60. The molecule has 262 valence electrons. The number of allylic oxidation sites excluding steroid dienone is 1. The number of aromatic nitrogens is 6. The van der Waals surface area contributed by atoms with Gasteiger partial charge in [0, 0.05) is 41.4 Å². The highest BCUT2D eigenvalue weighted by molar-refractivity contribution is 6.04. The molecule has 3 aromatic heterocycles. The van der Waals surface area contributed by atoms with E-state index in [9.17, 15) is 18.0 Å². The van der Waals surface area contributed by atoms with E-state index in [0.29, 0.717) is 23.8 Å². The quantitative estimate of drug-likeness (QED) is 0.188. The minimum atomic E-state index is -4.61. The van der Waals surface area contributed by atoms with Crippen molar-refractivity contribution in [3.8, 4) is 17.5 Å². The Balaban J connectivity index is 1.09. The van der Waals surface area contributed by atoms with Gasteiger partial charge in [0.15, 0.2) is 5.82 Å². The third kappa shape index (κ3) is 7.46. The van der Waals surface area contributed by atoms with Gasteiger partial charge in [-0.25, -0.2) is 9.97 Å². The first-order valence-corrected chi connectivity index (χ1v) is 16.8. The van der Waals surface area contributed by atoms with Crippen LogP contribution in [0.3, 0.4) is 0 Å². The Bertz CT molecular complexity index is 2190. The molecule has 2 aliphatic heterocycles. The average Bonchev–Trinajstić information content (AvgIpc) is 3.84. The molecule has 0 radical (unpaired) electrons. The zero-order chi connectivity index (χ0) is 35.9. The number of anilines is 2. The summed E-state index contributed by atoms with van der Waals surface area (Å²) in [5.74, 6) is 6.89. The Labute approximate surface area is 294 Å². The van der Waals surface area contributed by atoms with Gasteiger partial charge < -0.3 is 24.7 Å². The number of nitrogens with one attached hydrogen (secondary N) is 2. The van der Waals surface area contributed by atoms with Crippen LogP contribution in [0.5, 0.6) is 0 Å². The number of hydrogen-bond donors (Lipinski definition) is 2. The SMILES string of the molecule is Cc1cn(-c2cc(NC(=O)c3ccc(C)c(C#Cc4cnc5n4CC(C)C=C5Nc4cnn(C5CCN(C)CC5)c4)c3)cc(C(F)(F)F)c2)cn1. The van der Waals surface area contributed by atoms with Crippen molar-refractivity contribution < 1.29 is 18.0 Å². The number of hydrogen-bond acceptors (Lipinski definition) is 6. The minimum Gasteiger partial charge on any atom is -0.350 e. The van der Waals surface area contributed by atoms with Crippen LogP contribution >= 0.6 is 0 Å². The third-order valence-electron chi connectivity index (χ3n) is 9.30. The number of benzene rings is 2. The van der Waals surface area contributed by atoms with Gasteiger partial charge in [-0.3, -0.25) is 9.48 Å². The van der Waals surface area contributed by atoms with Crippen molar-refractivity contribution in [1.82, 2.24) is 33.8 Å². The lowest BCUT2D eigenvalue weighted by Gasteiger charge is -2.28. The number of aryl methyl sites for hydroxylation is 2. The molecule has 2 N–H and O–H groups in total. The molecule has 1 fully saturated rings. The Morgan fingerprint density at radius 3 is 2.53 bits per heavy atom. The van der Waals surface area contributed by atoms with Crippen molar-refractivity contribution in [3.05, 3.63) is 113 Å². The first kappa shape index (κ1) is 33.9. The molecule has 7 rings (SSSR count). The van der Waals surface area contributed by atoms with Gasteiger partial charge in [0.25, 0.3) is 5.91 Å². The summed E-state index contributed by atoms with van der Waals surface area (Å²) in [6, 6.07) is 8.86. The second-order valence-corrected chi connectivity index (χ2v) is 13.4. The molecule has 2 aliphatic rings. The summed E-state index contributed by atoms with van der Waals surface area (Å²) in [6.07, 6.45) is 8.40. The lowest BCUT2D eigenvalue weighted by molar-refractivity contribution is -0.137. The van der Waals surface area contributed by atoms with Crippen LogP contribution in [0.15, 0.2) is 73.6 Å². The van der Waals surface area contributed by atoms with E-state index in [1.807, 2.05) is 13.1 Å². The van der Waals surface area contributed by atoms with Crippen LogP contribution in [-0.2, 0) is 12.7 Å². The highest BCUT2D eigenvalue weighted by atomic mass is 19.4. The van der Waals surface area contributed by atoms with E-state index >= 15 is 0 Å². The van der Waals surface area contributed by atoms with Crippen molar-refractivity contribution >= 4 is 23.0 Å².